The Kier molecular flexibility index (Phi) is 6.09. The molecule has 2 atom stereocenters. The van der Waals surface area contributed by atoms with E-state index in [1.807, 2.05) is 59.3 Å². The molecule has 0 saturated carbocycles. The summed E-state index contributed by atoms with van der Waals surface area (Å²) >= 11 is 11.2. The number of amides is 1. The second kappa shape index (κ2) is 8.61. The third-order valence-corrected chi connectivity index (χ3v) is 7.31. The summed E-state index contributed by atoms with van der Waals surface area (Å²) in [5.41, 5.74) is 1.64. The van der Waals surface area contributed by atoms with Crippen molar-refractivity contribution in [3.8, 4) is 0 Å². The zero-order chi connectivity index (χ0) is 21.3. The van der Waals surface area contributed by atoms with Gasteiger partial charge in [0.1, 0.15) is 15.9 Å². The highest BCUT2D eigenvalue weighted by atomic mass is 79.9. The van der Waals surface area contributed by atoms with E-state index in [0.29, 0.717) is 28.2 Å². The summed E-state index contributed by atoms with van der Waals surface area (Å²) in [4.78, 5) is 33.1. The molecule has 2 aromatic heterocycles. The van der Waals surface area contributed by atoms with Gasteiger partial charge in [0.2, 0.25) is 5.91 Å². The van der Waals surface area contributed by atoms with Crippen molar-refractivity contribution < 1.29 is 9.59 Å². The van der Waals surface area contributed by atoms with Crippen molar-refractivity contribution in [2.75, 3.05) is 7.05 Å². The number of aromatic nitrogens is 1. The van der Waals surface area contributed by atoms with Gasteiger partial charge in [0.05, 0.1) is 11.6 Å². The highest BCUT2D eigenvalue weighted by Gasteiger charge is 2.51. The summed E-state index contributed by atoms with van der Waals surface area (Å²) in [6, 6.07) is 15.1. The van der Waals surface area contributed by atoms with Crippen molar-refractivity contribution in [2.24, 2.45) is 5.92 Å². The van der Waals surface area contributed by atoms with Gasteiger partial charge in [-0.05, 0) is 74.9 Å². The Hall–Kier alpha value is -2.02. The summed E-state index contributed by atoms with van der Waals surface area (Å²) in [5, 5.41) is 4.61. The number of Topliss-reactive ketones (excluding diaryl/α,β-unsaturated/α-hetero) is 1. The van der Waals surface area contributed by atoms with Crippen LogP contribution in [0.4, 0.5) is 0 Å². The number of rotatable bonds is 5. The second-order valence-corrected chi connectivity index (χ2v) is 9.44. The maximum absolute atomic E-state index is 13.4. The van der Waals surface area contributed by atoms with E-state index in [4.69, 9.17) is 11.6 Å². The van der Waals surface area contributed by atoms with E-state index in [1.54, 1.807) is 23.3 Å². The first-order chi connectivity index (χ1) is 14.4. The smallest absolute Gasteiger partial charge is 0.233 e. The fraction of sp³-hybridized carbons (Fsp3) is 0.261. The van der Waals surface area contributed by atoms with Crippen LogP contribution in [-0.4, -0.2) is 28.6 Å². The molecule has 0 radical (unpaired) electrons. The number of ketones is 1. The quantitative estimate of drug-likeness (QED) is 0.342. The molecule has 4 rings (SSSR count). The molecule has 0 bridgehead atoms. The summed E-state index contributed by atoms with van der Waals surface area (Å²) in [5.74, 6) is -0.908. The topological polar surface area (TPSA) is 50.3 Å². The van der Waals surface area contributed by atoms with Crippen LogP contribution in [0.3, 0.4) is 0 Å². The lowest BCUT2D eigenvalue weighted by molar-refractivity contribution is -0.152. The number of hydrogen-bond donors (Lipinski definition) is 0. The van der Waals surface area contributed by atoms with Crippen LogP contribution in [-0.2, 0) is 21.5 Å². The molecule has 0 aliphatic carbocycles. The first-order valence-electron chi connectivity index (χ1n) is 9.63. The van der Waals surface area contributed by atoms with Crippen LogP contribution in [0.2, 0.25) is 5.02 Å². The number of thiophene rings is 1. The normalized spacial score (nSPS) is 21.8. The molecular weight excluding hydrogens is 484 g/mol. The van der Waals surface area contributed by atoms with Crippen LogP contribution in [0.25, 0.3) is 0 Å². The Morgan fingerprint density at radius 2 is 2.00 bits per heavy atom. The van der Waals surface area contributed by atoms with E-state index < -0.39 is 11.5 Å². The fourth-order valence-corrected chi connectivity index (χ4v) is 5.48. The zero-order valence-corrected chi connectivity index (χ0v) is 19.5. The monoisotopic (exact) mass is 502 g/mol. The maximum Gasteiger partial charge on any atom is 0.233 e. The van der Waals surface area contributed by atoms with Gasteiger partial charge in [-0.15, -0.1) is 0 Å². The van der Waals surface area contributed by atoms with Gasteiger partial charge in [0.15, 0.2) is 0 Å². The maximum atomic E-state index is 13.4. The summed E-state index contributed by atoms with van der Waals surface area (Å²) in [6.45, 7) is 0. The number of carbonyl (C=O) groups is 2. The van der Waals surface area contributed by atoms with Crippen molar-refractivity contribution in [1.29, 1.82) is 0 Å². The third-order valence-electron chi connectivity index (χ3n) is 5.82. The molecule has 3 aromatic rings. The van der Waals surface area contributed by atoms with E-state index in [2.05, 4.69) is 20.9 Å². The minimum absolute atomic E-state index is 0.0573. The summed E-state index contributed by atoms with van der Waals surface area (Å²) in [7, 11) is 1.78. The van der Waals surface area contributed by atoms with Gasteiger partial charge in [-0.3, -0.25) is 9.59 Å². The second-order valence-electron chi connectivity index (χ2n) is 7.44. The predicted molar refractivity (Wildman–Crippen MR) is 123 cm³/mol. The molecule has 7 heteroatoms. The van der Waals surface area contributed by atoms with Gasteiger partial charge < -0.3 is 4.90 Å². The lowest BCUT2D eigenvalue weighted by atomic mass is 9.74. The van der Waals surface area contributed by atoms with E-state index in [1.165, 1.54) is 0 Å². The number of hydrogen-bond acceptors (Lipinski definition) is 4. The fourth-order valence-electron chi connectivity index (χ4n) is 4.18. The molecule has 1 amide bonds. The average molecular weight is 504 g/mol. The Morgan fingerprint density at radius 1 is 1.20 bits per heavy atom. The first kappa shape index (κ1) is 21.2. The lowest BCUT2D eigenvalue weighted by Gasteiger charge is -2.46. The number of halogens is 2. The Morgan fingerprint density at radius 3 is 2.70 bits per heavy atom. The Labute approximate surface area is 193 Å². The van der Waals surface area contributed by atoms with E-state index >= 15 is 0 Å². The number of carbonyl (C=O) groups excluding carboxylic acids is 2. The van der Waals surface area contributed by atoms with E-state index in [0.717, 1.165) is 11.1 Å². The molecule has 1 aromatic carbocycles. The number of pyridine rings is 1. The molecule has 30 heavy (non-hydrogen) atoms. The van der Waals surface area contributed by atoms with Gasteiger partial charge in [-0.1, -0.05) is 35.9 Å². The van der Waals surface area contributed by atoms with Crippen LogP contribution in [0, 0.1) is 5.92 Å². The molecular formula is C23H20BrClN2O2S. The van der Waals surface area contributed by atoms with Crippen LogP contribution >= 0.6 is 38.9 Å². The molecule has 1 aliphatic heterocycles. The number of likely N-dealkylation sites (tertiary alicyclic amines) is 1. The van der Waals surface area contributed by atoms with E-state index in [9.17, 15) is 9.59 Å². The number of benzene rings is 1. The van der Waals surface area contributed by atoms with E-state index in [-0.39, 0.29) is 18.1 Å². The average Bonchev–Trinajstić information content (AvgIpc) is 3.27. The SMILES string of the molecule is CN1C(=O)C(CCc2ccccc2Cl)C(=O)CC1(c1ccsc1)c1cccc(Br)n1. The van der Waals surface area contributed by atoms with Crippen molar-refractivity contribution in [3.05, 3.63) is 85.7 Å². The molecule has 2 unspecified atom stereocenters. The van der Waals surface area contributed by atoms with Crippen molar-refractivity contribution in [1.82, 2.24) is 9.88 Å². The van der Waals surface area contributed by atoms with Gasteiger partial charge in [-0.2, -0.15) is 11.3 Å². The highest BCUT2D eigenvalue weighted by molar-refractivity contribution is 9.10. The summed E-state index contributed by atoms with van der Waals surface area (Å²) in [6.07, 6.45) is 1.22. The molecule has 1 aliphatic rings. The molecule has 3 heterocycles. The number of nitrogens with zero attached hydrogens (tertiary/aromatic N) is 2. The largest absolute Gasteiger partial charge is 0.329 e. The van der Waals surface area contributed by atoms with Gasteiger partial charge >= 0.3 is 0 Å². The van der Waals surface area contributed by atoms with Crippen LogP contribution in [0.5, 0.6) is 0 Å². The molecule has 0 N–H and O–H groups in total. The van der Waals surface area contributed by atoms with Crippen LogP contribution < -0.4 is 0 Å². The third kappa shape index (κ3) is 3.72. The molecule has 154 valence electrons. The lowest BCUT2D eigenvalue weighted by Crippen LogP contribution is -2.57. The molecule has 1 fully saturated rings. The zero-order valence-electron chi connectivity index (χ0n) is 16.3. The number of piperidine rings is 1. The standard InChI is InChI=1S/C23H20BrClN2O2S/c1-27-22(29)17(10-9-15-5-2-3-6-18(15)25)19(28)13-23(27,16-11-12-30-14-16)20-7-4-8-21(24)26-20/h2-8,11-12,14,17H,9-10,13H2,1H3. The summed E-state index contributed by atoms with van der Waals surface area (Å²) < 4.78 is 0.670. The minimum Gasteiger partial charge on any atom is -0.329 e. The van der Waals surface area contributed by atoms with Gasteiger partial charge in [0, 0.05) is 18.5 Å². The number of aryl methyl sites for hydroxylation is 1. The van der Waals surface area contributed by atoms with Crippen molar-refractivity contribution in [3.63, 3.8) is 0 Å². The van der Waals surface area contributed by atoms with Gasteiger partial charge in [0.25, 0.3) is 0 Å². The first-order valence-corrected chi connectivity index (χ1v) is 11.7. The van der Waals surface area contributed by atoms with Crippen LogP contribution in [0.1, 0.15) is 29.7 Å². The van der Waals surface area contributed by atoms with Gasteiger partial charge in [-0.25, -0.2) is 4.98 Å². The predicted octanol–water partition coefficient (Wildman–Crippen LogP) is 5.48. The Balaban J connectivity index is 1.68. The minimum atomic E-state index is -0.904. The molecule has 1 saturated heterocycles. The van der Waals surface area contributed by atoms with Crippen molar-refractivity contribution in [2.45, 2.75) is 24.8 Å². The highest BCUT2D eigenvalue weighted by Crippen LogP contribution is 2.44. The Bertz CT molecular complexity index is 1090. The van der Waals surface area contributed by atoms with Crippen LogP contribution in [0.15, 0.2) is 63.9 Å². The molecule has 4 nitrogen and oxygen atoms in total. The molecule has 0 spiro atoms. The van der Waals surface area contributed by atoms with Crippen molar-refractivity contribution >= 4 is 50.6 Å².